The highest BCUT2D eigenvalue weighted by molar-refractivity contribution is 8.55. The zero-order chi connectivity index (χ0) is 9.83. The van der Waals surface area contributed by atoms with Crippen LogP contribution in [0.4, 0.5) is 0 Å². The van der Waals surface area contributed by atoms with Gasteiger partial charge in [-0.15, -0.1) is 11.6 Å². The Morgan fingerprint density at radius 1 is 1.42 bits per heavy atom. The predicted octanol–water partition coefficient (Wildman–Crippen LogP) is 3.14. The smallest absolute Gasteiger partial charge is 0.304 e. The Morgan fingerprint density at radius 2 is 1.83 bits per heavy atom. The van der Waals surface area contributed by atoms with Crippen molar-refractivity contribution in [2.75, 3.05) is 20.1 Å². The SMILES string of the molecule is COP(=O)(OC)SC(C)(C)CCl. The summed E-state index contributed by atoms with van der Waals surface area (Å²) in [5, 5.41) is 0. The molecule has 0 aromatic heterocycles. The minimum absolute atomic E-state index is 0.302. The summed E-state index contributed by atoms with van der Waals surface area (Å²) < 4.78 is 20.8. The van der Waals surface area contributed by atoms with Gasteiger partial charge in [0.05, 0.1) is 0 Å². The third-order valence-corrected chi connectivity index (χ3v) is 6.76. The molecule has 0 atom stereocenters. The van der Waals surface area contributed by atoms with E-state index in [9.17, 15) is 4.57 Å². The maximum atomic E-state index is 11.6. The van der Waals surface area contributed by atoms with Crippen molar-refractivity contribution in [3.05, 3.63) is 0 Å². The molecule has 0 bridgehead atoms. The van der Waals surface area contributed by atoms with E-state index in [1.807, 2.05) is 13.8 Å². The van der Waals surface area contributed by atoms with Gasteiger partial charge in [0.15, 0.2) is 0 Å². The van der Waals surface area contributed by atoms with E-state index in [-0.39, 0.29) is 4.75 Å². The Bertz CT molecular complexity index is 178. The molecule has 0 amide bonds. The molecule has 0 aromatic carbocycles. The van der Waals surface area contributed by atoms with E-state index in [1.165, 1.54) is 14.2 Å². The van der Waals surface area contributed by atoms with Crippen molar-refractivity contribution < 1.29 is 13.6 Å². The average Bonchev–Trinajstić information content (AvgIpc) is 2.04. The Kier molecular flexibility index (Phi) is 5.19. The van der Waals surface area contributed by atoms with E-state index in [2.05, 4.69) is 0 Å². The van der Waals surface area contributed by atoms with Crippen LogP contribution in [0.15, 0.2) is 0 Å². The van der Waals surface area contributed by atoms with Gasteiger partial charge in [0.1, 0.15) is 0 Å². The number of halogens is 1. The first-order valence-electron chi connectivity index (χ1n) is 3.37. The molecule has 0 unspecified atom stereocenters. The summed E-state index contributed by atoms with van der Waals surface area (Å²) in [5.41, 5.74) is 0. The standard InChI is InChI=1S/C6H14ClO3PS/c1-6(2,5-7)12-11(8,9-3)10-4/h5H2,1-4H3. The van der Waals surface area contributed by atoms with Gasteiger partial charge in [-0.25, -0.2) is 4.57 Å². The van der Waals surface area contributed by atoms with E-state index in [4.69, 9.17) is 20.6 Å². The van der Waals surface area contributed by atoms with Crippen molar-refractivity contribution in [2.45, 2.75) is 18.6 Å². The fourth-order valence-electron chi connectivity index (χ4n) is 0.476. The third kappa shape index (κ3) is 4.15. The van der Waals surface area contributed by atoms with Crippen molar-refractivity contribution in [3.8, 4) is 0 Å². The molecular formula is C6H14ClO3PS. The minimum Gasteiger partial charge on any atom is -0.304 e. The molecule has 0 fully saturated rings. The fraction of sp³-hybridized carbons (Fsp3) is 1.00. The molecule has 0 aliphatic carbocycles. The van der Waals surface area contributed by atoms with Gasteiger partial charge in [-0.1, -0.05) is 0 Å². The van der Waals surface area contributed by atoms with Crippen molar-refractivity contribution in [3.63, 3.8) is 0 Å². The third-order valence-electron chi connectivity index (χ3n) is 1.13. The van der Waals surface area contributed by atoms with Crippen LogP contribution in [0, 0.1) is 0 Å². The van der Waals surface area contributed by atoms with Crippen LogP contribution in [0.25, 0.3) is 0 Å². The van der Waals surface area contributed by atoms with Gasteiger partial charge in [-0.05, 0) is 25.2 Å². The lowest BCUT2D eigenvalue weighted by Crippen LogP contribution is -2.16. The second kappa shape index (κ2) is 4.87. The van der Waals surface area contributed by atoms with Gasteiger partial charge in [0.25, 0.3) is 0 Å². The Morgan fingerprint density at radius 3 is 2.08 bits per heavy atom. The molecule has 0 aliphatic rings. The first kappa shape index (κ1) is 12.8. The number of hydrogen-bond acceptors (Lipinski definition) is 4. The molecule has 3 nitrogen and oxygen atoms in total. The van der Waals surface area contributed by atoms with Crippen LogP contribution >= 0.6 is 29.8 Å². The van der Waals surface area contributed by atoms with Gasteiger partial charge in [0.2, 0.25) is 0 Å². The fourth-order valence-corrected chi connectivity index (χ4v) is 4.28. The lowest BCUT2D eigenvalue weighted by molar-refractivity contribution is 0.295. The van der Waals surface area contributed by atoms with Gasteiger partial charge in [-0.3, -0.25) is 0 Å². The second-order valence-electron chi connectivity index (χ2n) is 2.80. The van der Waals surface area contributed by atoms with Gasteiger partial charge in [0, 0.05) is 24.8 Å². The Balaban J connectivity index is 4.31. The quantitative estimate of drug-likeness (QED) is 0.539. The van der Waals surface area contributed by atoms with E-state index in [1.54, 1.807) is 0 Å². The highest BCUT2D eigenvalue weighted by Crippen LogP contribution is 2.64. The van der Waals surface area contributed by atoms with Gasteiger partial charge >= 0.3 is 6.80 Å². The van der Waals surface area contributed by atoms with Crippen LogP contribution in [0.3, 0.4) is 0 Å². The summed E-state index contributed by atoms with van der Waals surface area (Å²) in [7, 11) is 2.73. The summed E-state index contributed by atoms with van der Waals surface area (Å²) in [6.07, 6.45) is 0. The highest BCUT2D eigenvalue weighted by atomic mass is 35.5. The lowest BCUT2D eigenvalue weighted by atomic mass is 10.3. The zero-order valence-corrected chi connectivity index (χ0v) is 10.1. The average molecular weight is 233 g/mol. The second-order valence-corrected chi connectivity index (χ2v) is 7.87. The van der Waals surface area contributed by atoms with Crippen LogP contribution < -0.4 is 0 Å². The highest BCUT2D eigenvalue weighted by Gasteiger charge is 2.32. The molecule has 0 saturated carbocycles. The van der Waals surface area contributed by atoms with Crippen LogP contribution in [-0.2, 0) is 13.6 Å². The topological polar surface area (TPSA) is 35.5 Å². The summed E-state index contributed by atoms with van der Waals surface area (Å²) in [5.74, 6) is 0.397. The molecule has 6 heteroatoms. The zero-order valence-electron chi connectivity index (χ0n) is 7.67. The van der Waals surface area contributed by atoms with Crippen LogP contribution in [0.1, 0.15) is 13.8 Å². The summed E-state index contributed by atoms with van der Waals surface area (Å²) >= 11 is 6.79. The van der Waals surface area contributed by atoms with Gasteiger partial charge in [-0.2, -0.15) is 0 Å². The van der Waals surface area contributed by atoms with E-state index in [0.717, 1.165) is 11.4 Å². The monoisotopic (exact) mass is 232 g/mol. The maximum Gasteiger partial charge on any atom is 0.389 e. The first-order valence-corrected chi connectivity index (χ1v) is 6.87. The van der Waals surface area contributed by atoms with Crippen LogP contribution in [-0.4, -0.2) is 24.8 Å². The molecule has 0 saturated heterocycles. The summed E-state index contributed by atoms with van der Waals surface area (Å²) in [4.78, 5) is 0. The minimum atomic E-state index is -2.99. The number of alkyl halides is 1. The van der Waals surface area contributed by atoms with Crippen molar-refractivity contribution in [1.82, 2.24) is 0 Å². The molecule has 0 aromatic rings. The predicted molar refractivity (Wildman–Crippen MR) is 54.0 cm³/mol. The molecule has 0 aliphatic heterocycles. The molecule has 0 spiro atoms. The number of rotatable bonds is 5. The van der Waals surface area contributed by atoms with E-state index in [0.29, 0.717) is 5.88 Å². The van der Waals surface area contributed by atoms with Gasteiger partial charge < -0.3 is 9.05 Å². The molecule has 0 radical (unpaired) electrons. The van der Waals surface area contributed by atoms with Crippen molar-refractivity contribution in [2.24, 2.45) is 0 Å². The van der Waals surface area contributed by atoms with E-state index < -0.39 is 6.80 Å². The number of hydrogen-bond donors (Lipinski definition) is 0. The molecule has 0 N–H and O–H groups in total. The van der Waals surface area contributed by atoms with Crippen LogP contribution in [0.2, 0.25) is 0 Å². The largest absolute Gasteiger partial charge is 0.389 e. The molecule has 12 heavy (non-hydrogen) atoms. The van der Waals surface area contributed by atoms with Crippen molar-refractivity contribution >= 4 is 29.8 Å². The Labute approximate surface area is 82.4 Å². The van der Waals surface area contributed by atoms with Crippen molar-refractivity contribution in [1.29, 1.82) is 0 Å². The molecule has 74 valence electrons. The Hall–Kier alpha value is 0.790. The summed E-state index contributed by atoms with van der Waals surface area (Å²) in [6.45, 7) is 0.782. The molecule has 0 heterocycles. The normalized spacial score (nSPS) is 13.4. The molecule has 0 rings (SSSR count). The molecular weight excluding hydrogens is 219 g/mol. The van der Waals surface area contributed by atoms with E-state index >= 15 is 0 Å². The van der Waals surface area contributed by atoms with Crippen LogP contribution in [0.5, 0.6) is 0 Å². The summed E-state index contributed by atoms with van der Waals surface area (Å²) in [6, 6.07) is 0. The lowest BCUT2D eigenvalue weighted by Gasteiger charge is -2.24. The maximum absolute atomic E-state index is 11.6. The first-order chi connectivity index (χ1) is 5.39.